The van der Waals surface area contributed by atoms with Gasteiger partial charge in [0.2, 0.25) is 0 Å². The molecule has 4 rings (SSSR count). The predicted octanol–water partition coefficient (Wildman–Crippen LogP) is 6.00. The molecule has 220 valence electrons. The normalized spacial score (nSPS) is 40.3. The maximum atomic E-state index is 11.4. The summed E-state index contributed by atoms with van der Waals surface area (Å²) in [6.45, 7) is 13.7. The van der Waals surface area contributed by atoms with Crippen LogP contribution < -0.4 is 0 Å². The third kappa shape index (κ3) is 6.08. The van der Waals surface area contributed by atoms with E-state index in [0.29, 0.717) is 43.5 Å². The van der Waals surface area contributed by atoms with E-state index in [2.05, 4.69) is 40.7 Å². The molecule has 0 bridgehead atoms. The van der Waals surface area contributed by atoms with E-state index in [0.717, 1.165) is 36.5 Å². The van der Waals surface area contributed by atoms with E-state index < -0.39 is 6.10 Å². The van der Waals surface area contributed by atoms with E-state index in [1.807, 2.05) is 0 Å². The molecule has 0 aromatic carbocycles. The third-order valence-electron chi connectivity index (χ3n) is 11.8. The van der Waals surface area contributed by atoms with Crippen LogP contribution in [0, 0.1) is 52.3 Å². The predicted molar refractivity (Wildman–Crippen MR) is 153 cm³/mol. The van der Waals surface area contributed by atoms with Crippen molar-refractivity contribution in [1.29, 1.82) is 0 Å². The quantitative estimate of drug-likeness (QED) is 0.199. The van der Waals surface area contributed by atoms with Crippen molar-refractivity contribution < 1.29 is 24.8 Å². The Bertz CT molecular complexity index is 781. The van der Waals surface area contributed by atoms with Gasteiger partial charge in [0.25, 0.3) is 0 Å². The van der Waals surface area contributed by atoms with E-state index in [-0.39, 0.29) is 30.7 Å². The first-order valence-electron chi connectivity index (χ1n) is 15.9. The standard InChI is InChI=1S/C33H58O5/c1-22(2)7-6-8-23(3)27-11-12-28-26-10-9-24-19-25(35)20-30(31(36)21-38-18-17-37-16-15-34)33(24,5)29(26)13-14-32(27,28)4/h9,22-23,25-31,34-36H,6-8,10-21H2,1-5H3/t23-,25-,26+,27-,28+,29+,30?,31?,32-,33-/m1/s1. The Balaban J connectivity index is 1.46. The molecule has 0 aromatic rings. The number of fused-ring (bicyclic) bond motifs is 5. The second kappa shape index (κ2) is 13.0. The van der Waals surface area contributed by atoms with E-state index in [4.69, 9.17) is 14.6 Å². The molecule has 0 radical (unpaired) electrons. The number of allylic oxidation sites excluding steroid dienone is 1. The van der Waals surface area contributed by atoms with Gasteiger partial charge in [-0.3, -0.25) is 0 Å². The molecule has 2 unspecified atom stereocenters. The van der Waals surface area contributed by atoms with Gasteiger partial charge in [-0.05, 0) is 97.2 Å². The minimum Gasteiger partial charge on any atom is -0.394 e. The summed E-state index contributed by atoms with van der Waals surface area (Å²) in [4.78, 5) is 0. The van der Waals surface area contributed by atoms with Crippen molar-refractivity contribution >= 4 is 0 Å². The maximum absolute atomic E-state index is 11.4. The van der Waals surface area contributed by atoms with Crippen molar-refractivity contribution in [3.63, 3.8) is 0 Å². The second-order valence-corrected chi connectivity index (χ2v) is 14.3. The maximum Gasteiger partial charge on any atom is 0.0811 e. The molecule has 0 aliphatic heterocycles. The minimum atomic E-state index is -0.597. The summed E-state index contributed by atoms with van der Waals surface area (Å²) in [5, 5.41) is 31.1. The Labute approximate surface area is 232 Å². The smallest absolute Gasteiger partial charge is 0.0811 e. The van der Waals surface area contributed by atoms with Crippen LogP contribution in [0.15, 0.2) is 11.6 Å². The highest BCUT2D eigenvalue weighted by Crippen LogP contribution is 2.68. The molecule has 3 N–H and O–H groups in total. The number of ether oxygens (including phenoxy) is 2. The first-order valence-corrected chi connectivity index (χ1v) is 15.9. The molecule has 0 spiro atoms. The first kappa shape index (κ1) is 30.5. The lowest BCUT2D eigenvalue weighted by Crippen LogP contribution is -2.56. The Morgan fingerprint density at radius 2 is 1.74 bits per heavy atom. The molecule has 0 heterocycles. The van der Waals surface area contributed by atoms with Gasteiger partial charge in [-0.2, -0.15) is 0 Å². The van der Waals surface area contributed by atoms with Crippen molar-refractivity contribution in [1.82, 2.24) is 0 Å². The zero-order valence-electron chi connectivity index (χ0n) is 25.0. The van der Waals surface area contributed by atoms with Crippen molar-refractivity contribution in [2.24, 2.45) is 52.3 Å². The highest BCUT2D eigenvalue weighted by molar-refractivity contribution is 5.27. The number of hydrogen-bond acceptors (Lipinski definition) is 5. The number of aliphatic hydroxyl groups is 3. The topological polar surface area (TPSA) is 79.2 Å². The third-order valence-corrected chi connectivity index (χ3v) is 11.8. The molecule has 38 heavy (non-hydrogen) atoms. The molecular formula is C33H58O5. The molecular weight excluding hydrogens is 476 g/mol. The van der Waals surface area contributed by atoms with E-state index in [1.165, 1.54) is 50.5 Å². The Morgan fingerprint density at radius 1 is 0.974 bits per heavy atom. The number of aliphatic hydroxyl groups excluding tert-OH is 3. The monoisotopic (exact) mass is 534 g/mol. The second-order valence-electron chi connectivity index (χ2n) is 14.3. The van der Waals surface area contributed by atoms with Gasteiger partial charge in [-0.25, -0.2) is 0 Å². The van der Waals surface area contributed by atoms with Gasteiger partial charge in [0.1, 0.15) is 0 Å². The summed E-state index contributed by atoms with van der Waals surface area (Å²) in [5.41, 5.74) is 1.77. The highest BCUT2D eigenvalue weighted by atomic mass is 16.5. The summed E-state index contributed by atoms with van der Waals surface area (Å²) in [5.74, 6) is 4.51. The highest BCUT2D eigenvalue weighted by Gasteiger charge is 2.61. The largest absolute Gasteiger partial charge is 0.394 e. The van der Waals surface area contributed by atoms with Gasteiger partial charge in [0, 0.05) is 0 Å². The SMILES string of the molecule is CC(C)CCC[C@@H](C)[C@H]1CC[C@H]2[C@@H]3CC=C4C[C@@H](O)CC(C(O)COCCOCCO)[C@@]4(C)[C@H]3CC[C@]12C. The Hall–Kier alpha value is -0.460. The molecule has 0 amide bonds. The Kier molecular flexibility index (Phi) is 10.4. The number of rotatable bonds is 13. The van der Waals surface area contributed by atoms with E-state index >= 15 is 0 Å². The molecule has 0 saturated heterocycles. The van der Waals surface area contributed by atoms with Crippen LogP contribution in [0.4, 0.5) is 0 Å². The summed E-state index contributed by atoms with van der Waals surface area (Å²) in [6.07, 6.45) is 13.5. The molecule has 3 fully saturated rings. The van der Waals surface area contributed by atoms with Gasteiger partial charge >= 0.3 is 0 Å². The Morgan fingerprint density at radius 3 is 2.47 bits per heavy atom. The van der Waals surface area contributed by atoms with Crippen LogP contribution >= 0.6 is 0 Å². The van der Waals surface area contributed by atoms with Gasteiger partial charge in [0.15, 0.2) is 0 Å². The average Bonchev–Trinajstić information content (AvgIpc) is 3.23. The fraction of sp³-hybridized carbons (Fsp3) is 0.939. The van der Waals surface area contributed by atoms with Crippen LogP contribution in [-0.4, -0.2) is 60.6 Å². The van der Waals surface area contributed by atoms with Gasteiger partial charge in [-0.15, -0.1) is 0 Å². The van der Waals surface area contributed by atoms with Crippen LogP contribution in [0.25, 0.3) is 0 Å². The number of hydrogen-bond donors (Lipinski definition) is 3. The van der Waals surface area contributed by atoms with E-state index in [1.54, 1.807) is 0 Å². The lowest BCUT2D eigenvalue weighted by molar-refractivity contribution is -0.120. The van der Waals surface area contributed by atoms with Crippen LogP contribution in [0.5, 0.6) is 0 Å². The van der Waals surface area contributed by atoms with Crippen LogP contribution in [-0.2, 0) is 9.47 Å². The molecule has 10 atom stereocenters. The van der Waals surface area contributed by atoms with Crippen LogP contribution in [0.2, 0.25) is 0 Å². The van der Waals surface area contributed by atoms with Gasteiger partial charge in [-0.1, -0.05) is 65.5 Å². The zero-order valence-corrected chi connectivity index (χ0v) is 25.0. The van der Waals surface area contributed by atoms with E-state index in [9.17, 15) is 10.2 Å². The van der Waals surface area contributed by atoms with Crippen molar-refractivity contribution in [2.75, 3.05) is 33.0 Å². The fourth-order valence-corrected chi connectivity index (χ4v) is 9.97. The first-order chi connectivity index (χ1) is 18.1. The average molecular weight is 535 g/mol. The minimum absolute atomic E-state index is 0.0104. The summed E-state index contributed by atoms with van der Waals surface area (Å²) >= 11 is 0. The van der Waals surface area contributed by atoms with Crippen LogP contribution in [0.3, 0.4) is 0 Å². The molecule has 5 heteroatoms. The molecule has 0 aromatic heterocycles. The zero-order chi connectivity index (χ0) is 27.5. The summed E-state index contributed by atoms with van der Waals surface area (Å²) in [6, 6.07) is 0. The lowest BCUT2D eigenvalue weighted by Gasteiger charge is -2.61. The van der Waals surface area contributed by atoms with Crippen molar-refractivity contribution in [2.45, 2.75) is 111 Å². The summed E-state index contributed by atoms with van der Waals surface area (Å²) in [7, 11) is 0. The van der Waals surface area contributed by atoms with Crippen LogP contribution in [0.1, 0.15) is 98.8 Å². The van der Waals surface area contributed by atoms with Crippen molar-refractivity contribution in [3.05, 3.63) is 11.6 Å². The van der Waals surface area contributed by atoms with Crippen molar-refractivity contribution in [3.8, 4) is 0 Å². The molecule has 4 aliphatic carbocycles. The molecule has 5 nitrogen and oxygen atoms in total. The summed E-state index contributed by atoms with van der Waals surface area (Å²) < 4.78 is 11.1. The lowest BCUT2D eigenvalue weighted by atomic mass is 9.44. The fourth-order valence-electron chi connectivity index (χ4n) is 9.97. The molecule has 3 saturated carbocycles. The van der Waals surface area contributed by atoms with Gasteiger partial charge in [0.05, 0.1) is 45.2 Å². The van der Waals surface area contributed by atoms with Gasteiger partial charge < -0.3 is 24.8 Å². The molecule has 4 aliphatic rings.